The van der Waals surface area contributed by atoms with Crippen molar-refractivity contribution in [3.8, 4) is 0 Å². The number of hydrogen-bond donors (Lipinski definition) is 0. The Balaban J connectivity index is 0.00000132. The Bertz CT molecular complexity index is 799. The van der Waals surface area contributed by atoms with Crippen molar-refractivity contribution in [2.24, 2.45) is 0 Å². The maximum absolute atomic E-state index is 3.69. The van der Waals surface area contributed by atoms with Gasteiger partial charge in [0, 0.05) is 0 Å². The molecule has 5 heteroatoms. The number of allylic oxidation sites excluding steroid dienone is 5. The van der Waals surface area contributed by atoms with Crippen LogP contribution in [0.5, 0.6) is 0 Å². The molecule has 1 atom stereocenters. The molecule has 0 amide bonds. The number of halogens is 3. The van der Waals surface area contributed by atoms with Crippen LogP contribution < -0.4 is 0 Å². The van der Waals surface area contributed by atoms with Crippen LogP contribution in [0.2, 0.25) is 9.26 Å². The Labute approximate surface area is 163 Å². The van der Waals surface area contributed by atoms with E-state index in [0.29, 0.717) is 3.63 Å². The van der Waals surface area contributed by atoms with Gasteiger partial charge in [0.2, 0.25) is 0 Å². The fourth-order valence-corrected chi connectivity index (χ4v) is 20.6. The molecule has 1 aromatic rings. The van der Waals surface area contributed by atoms with Crippen LogP contribution in [0.25, 0.3) is 6.08 Å². The van der Waals surface area contributed by atoms with Gasteiger partial charge in [0.15, 0.2) is 0 Å². The normalized spacial score (nSPS) is 19.5. The number of benzene rings is 1. The largest absolute Gasteiger partial charge is 0.147 e. The van der Waals surface area contributed by atoms with E-state index in [-0.39, 0.29) is 24.8 Å². The zero-order chi connectivity index (χ0) is 15.4. The summed E-state index contributed by atoms with van der Waals surface area (Å²) in [6.07, 6.45) is 10.6. The maximum atomic E-state index is 3.69. The second kappa shape index (κ2) is 7.08. The van der Waals surface area contributed by atoms with Crippen molar-refractivity contribution >= 4 is 53.7 Å². The van der Waals surface area contributed by atoms with Gasteiger partial charge in [0.25, 0.3) is 0 Å². The van der Waals surface area contributed by atoms with Gasteiger partial charge >= 0.3 is 140 Å². The summed E-state index contributed by atoms with van der Waals surface area (Å²) in [7, 11) is 0. The molecule has 23 heavy (non-hydrogen) atoms. The van der Waals surface area contributed by atoms with Crippen LogP contribution in [-0.2, 0) is 17.4 Å². The third kappa shape index (κ3) is 3.47. The topological polar surface area (TPSA) is 0 Å². The van der Waals surface area contributed by atoms with Crippen molar-refractivity contribution < 1.29 is 17.4 Å². The second-order valence-electron chi connectivity index (χ2n) is 7.63. The predicted octanol–water partition coefficient (Wildman–Crippen LogP) is 6.24. The fourth-order valence-electron chi connectivity index (χ4n) is 4.19. The Morgan fingerprint density at radius 1 is 1.17 bits per heavy atom. The van der Waals surface area contributed by atoms with Crippen LogP contribution in [0.3, 0.4) is 0 Å². The summed E-state index contributed by atoms with van der Waals surface area (Å²) >= 11 is 0.730. The Hall–Kier alpha value is 0.600. The van der Waals surface area contributed by atoms with E-state index in [9.17, 15) is 0 Å². The van der Waals surface area contributed by atoms with E-state index in [1.807, 2.05) is 0 Å². The Kier molecular flexibility index (Phi) is 6.66. The van der Waals surface area contributed by atoms with Gasteiger partial charge in [-0.05, 0) is 0 Å². The van der Waals surface area contributed by atoms with Crippen LogP contribution in [0.15, 0.2) is 43.7 Å². The van der Waals surface area contributed by atoms with Gasteiger partial charge in [-0.2, -0.15) is 0 Å². The van der Waals surface area contributed by atoms with E-state index in [2.05, 4.69) is 82.4 Å². The van der Waals surface area contributed by atoms with Crippen molar-refractivity contribution in [2.75, 3.05) is 0 Å². The zero-order valence-electron chi connectivity index (χ0n) is 14.2. The Morgan fingerprint density at radius 2 is 1.83 bits per heavy atom. The average Bonchev–Trinajstić information content (AvgIpc) is 3.01. The fraction of sp³-hybridized carbons (Fsp3) is 0.333. The summed E-state index contributed by atoms with van der Waals surface area (Å²) < 4.78 is 8.91. The third-order valence-electron chi connectivity index (χ3n) is 5.37. The quantitative estimate of drug-likeness (QED) is 0.413. The first kappa shape index (κ1) is 21.6. The summed E-state index contributed by atoms with van der Waals surface area (Å²) in [5.41, 5.74) is 6.01. The Morgan fingerprint density at radius 3 is 2.39 bits per heavy atom. The molecule has 0 aliphatic heterocycles. The molecule has 1 unspecified atom stereocenters. The van der Waals surface area contributed by atoms with Crippen molar-refractivity contribution in [2.45, 2.75) is 33.2 Å². The minimum atomic E-state index is -2.96. The van der Waals surface area contributed by atoms with Crippen molar-refractivity contribution in [1.29, 1.82) is 0 Å². The van der Waals surface area contributed by atoms with Gasteiger partial charge in [-0.3, -0.25) is 0 Å². The summed E-state index contributed by atoms with van der Waals surface area (Å²) in [5.74, 6) is 0. The SMILES string of the molecule is CC1=Cc2c(ccc(Br)c2C)[CH]1[Zr]([CH3])([CH3])(=[SiH2])[C]1=CC=CC1.Cl.Cl. The molecule has 0 saturated heterocycles. The van der Waals surface area contributed by atoms with E-state index in [1.54, 1.807) is 14.4 Å². The zero-order valence-corrected chi connectivity index (χ0v) is 21.2. The molecule has 0 aromatic heterocycles. The molecular weight excluding hydrogens is 486 g/mol. The van der Waals surface area contributed by atoms with E-state index in [1.165, 1.54) is 22.0 Å². The van der Waals surface area contributed by atoms with E-state index in [4.69, 9.17) is 0 Å². The molecule has 0 saturated carbocycles. The predicted molar refractivity (Wildman–Crippen MR) is 112 cm³/mol. The molecule has 0 bridgehead atoms. The number of fused-ring (bicyclic) bond motifs is 1. The molecule has 3 rings (SSSR count). The molecule has 2 aliphatic carbocycles. The molecule has 0 fully saturated rings. The monoisotopic (exact) mass is 508 g/mol. The minimum absolute atomic E-state index is 0. The number of rotatable bonds is 2. The van der Waals surface area contributed by atoms with Crippen LogP contribution in [0.1, 0.15) is 33.7 Å². The maximum Gasteiger partial charge on any atom is -0.147 e. The smallest absolute Gasteiger partial charge is 0.147 e. The second-order valence-corrected chi connectivity index (χ2v) is 38.2. The van der Waals surface area contributed by atoms with Crippen molar-refractivity contribution in [3.63, 3.8) is 0 Å². The molecule has 0 spiro atoms. The van der Waals surface area contributed by atoms with E-state index >= 15 is 0 Å². The van der Waals surface area contributed by atoms with Crippen LogP contribution >= 0.6 is 40.7 Å². The molecular formula is C18H25BrCl2SiZr. The average molecular weight is 512 g/mol. The molecule has 0 N–H and O–H groups in total. The molecule has 1 aromatic carbocycles. The first-order valence-corrected chi connectivity index (χ1v) is 21.9. The van der Waals surface area contributed by atoms with Crippen molar-refractivity contribution in [3.05, 3.63) is 60.4 Å². The van der Waals surface area contributed by atoms with Gasteiger partial charge in [0.1, 0.15) is 0 Å². The van der Waals surface area contributed by atoms with E-state index < -0.39 is 17.4 Å². The molecule has 0 nitrogen and oxygen atoms in total. The van der Waals surface area contributed by atoms with Crippen LogP contribution in [0.4, 0.5) is 0 Å². The molecule has 0 radical (unpaired) electrons. The van der Waals surface area contributed by atoms with Gasteiger partial charge in [-0.15, -0.1) is 24.8 Å². The van der Waals surface area contributed by atoms with Gasteiger partial charge in [-0.1, -0.05) is 0 Å². The van der Waals surface area contributed by atoms with Gasteiger partial charge in [-0.25, -0.2) is 0 Å². The summed E-state index contributed by atoms with van der Waals surface area (Å²) in [6.45, 7) is 6.94. The van der Waals surface area contributed by atoms with Crippen molar-refractivity contribution in [1.82, 2.24) is 0 Å². The molecule has 126 valence electrons. The first-order valence-electron chi connectivity index (χ1n) is 7.61. The number of hydrogen-bond acceptors (Lipinski definition) is 0. The first-order chi connectivity index (χ1) is 9.71. The van der Waals surface area contributed by atoms with Gasteiger partial charge < -0.3 is 0 Å². The standard InChI is InChI=1S/C11H10Br.C5H5.2CH3.2ClH.H2Si.Zr/c1-7-5-9-3-4-11(12)8(2)10(9)6-7;1-2-4-5-3-1;;;;;;/h3-6H,1-2H3;1-3H,4H2;2*1H3;2*1H;1H2;. The third-order valence-corrected chi connectivity index (χ3v) is 23.9. The molecule has 0 heterocycles. The molecule has 2 aliphatic rings. The van der Waals surface area contributed by atoms with Crippen LogP contribution in [-0.4, -0.2) is 6.88 Å². The summed E-state index contributed by atoms with van der Waals surface area (Å²) in [4.78, 5) is 0. The minimum Gasteiger partial charge on any atom is -0.147 e. The summed E-state index contributed by atoms with van der Waals surface area (Å²) in [5, 5.41) is 0. The van der Waals surface area contributed by atoms with Crippen LogP contribution in [0, 0.1) is 6.92 Å². The summed E-state index contributed by atoms with van der Waals surface area (Å²) in [6, 6.07) is 4.60. The van der Waals surface area contributed by atoms with E-state index in [0.717, 1.165) is 0 Å². The van der Waals surface area contributed by atoms with Gasteiger partial charge in [0.05, 0.1) is 0 Å².